The van der Waals surface area contributed by atoms with Gasteiger partial charge in [-0.3, -0.25) is 9.79 Å². The molecule has 1 N–H and O–H groups in total. The summed E-state index contributed by atoms with van der Waals surface area (Å²) in [4.78, 5) is 15.8. The van der Waals surface area contributed by atoms with E-state index >= 15 is 0 Å². The van der Waals surface area contributed by atoms with Gasteiger partial charge in [-0.15, -0.1) is 0 Å². The zero-order valence-electron chi connectivity index (χ0n) is 12.6. The van der Waals surface area contributed by atoms with E-state index < -0.39 is 17.6 Å². The van der Waals surface area contributed by atoms with Gasteiger partial charge in [0.2, 0.25) is 0 Å². The summed E-state index contributed by atoms with van der Waals surface area (Å²) in [5.74, 6) is -0.589. The lowest BCUT2D eigenvalue weighted by Crippen LogP contribution is -2.41. The summed E-state index contributed by atoms with van der Waals surface area (Å²) in [6.07, 6.45) is -2.82. The fourth-order valence-electron chi connectivity index (χ4n) is 2.74. The van der Waals surface area contributed by atoms with E-state index in [1.54, 1.807) is 12.1 Å². The Morgan fingerprint density at radius 3 is 2.55 bits per heavy atom. The molecule has 0 radical (unpaired) electrons. The maximum atomic E-state index is 13.9. The van der Waals surface area contributed by atoms with E-state index in [0.29, 0.717) is 12.8 Å². The van der Waals surface area contributed by atoms with E-state index in [2.05, 4.69) is 10.3 Å². The molecular formula is C16H19F3N2O. The fourth-order valence-corrected chi connectivity index (χ4v) is 2.74. The molecule has 0 saturated heterocycles. The molecule has 0 bridgehead atoms. The molecule has 1 amide bonds. The number of benzene rings is 1. The van der Waals surface area contributed by atoms with Gasteiger partial charge in [0, 0.05) is 11.3 Å². The summed E-state index contributed by atoms with van der Waals surface area (Å²) in [5.41, 5.74) is -2.31. The number of carbonyl (C=O) groups is 1. The number of rotatable bonds is 4. The van der Waals surface area contributed by atoms with Crippen molar-refractivity contribution in [3.63, 3.8) is 0 Å². The van der Waals surface area contributed by atoms with E-state index in [9.17, 15) is 18.0 Å². The zero-order valence-corrected chi connectivity index (χ0v) is 12.6. The highest BCUT2D eigenvalue weighted by Crippen LogP contribution is 2.49. The first-order valence-electron chi connectivity index (χ1n) is 7.36. The van der Waals surface area contributed by atoms with Crippen LogP contribution >= 0.6 is 0 Å². The lowest BCUT2D eigenvalue weighted by Gasteiger charge is -2.33. The molecule has 0 aromatic heterocycles. The molecule has 1 unspecified atom stereocenters. The van der Waals surface area contributed by atoms with Crippen LogP contribution in [0.1, 0.15) is 45.1 Å². The predicted octanol–water partition coefficient (Wildman–Crippen LogP) is 4.44. The molecule has 1 heterocycles. The highest BCUT2D eigenvalue weighted by atomic mass is 19.4. The number of halogens is 3. The number of unbranched alkanes of at least 4 members (excludes halogenated alkanes) is 2. The second-order valence-corrected chi connectivity index (χ2v) is 5.51. The van der Waals surface area contributed by atoms with Crippen LogP contribution in [0.5, 0.6) is 0 Å². The third-order valence-electron chi connectivity index (χ3n) is 3.92. The number of hydrogen-bond donors (Lipinski definition) is 1. The Labute approximate surface area is 127 Å². The number of amides is 1. The number of anilines is 1. The first kappa shape index (κ1) is 16.5. The van der Waals surface area contributed by atoms with Gasteiger partial charge in [-0.2, -0.15) is 13.2 Å². The number of nitrogens with zero attached hydrogens (tertiary/aromatic N) is 1. The topological polar surface area (TPSA) is 41.5 Å². The lowest BCUT2D eigenvalue weighted by molar-refractivity contribution is -0.190. The highest BCUT2D eigenvalue weighted by Gasteiger charge is 2.57. The molecule has 1 aromatic carbocycles. The maximum Gasteiger partial charge on any atom is 0.417 e. The molecule has 1 atom stereocenters. The molecular weight excluding hydrogens is 293 g/mol. The number of nitrogens with one attached hydrogen (secondary N) is 1. The molecule has 0 spiro atoms. The molecule has 1 aromatic rings. The van der Waals surface area contributed by atoms with E-state index in [0.717, 1.165) is 6.42 Å². The Balaban J connectivity index is 2.64. The van der Waals surface area contributed by atoms with Gasteiger partial charge in [-0.25, -0.2) is 0 Å². The van der Waals surface area contributed by atoms with E-state index in [1.807, 2.05) is 6.92 Å². The van der Waals surface area contributed by atoms with Gasteiger partial charge < -0.3 is 5.32 Å². The Bertz CT molecular complexity index is 595. The smallest absolute Gasteiger partial charge is 0.321 e. The van der Waals surface area contributed by atoms with Crippen molar-refractivity contribution in [2.45, 2.75) is 51.2 Å². The molecule has 3 nitrogen and oxygen atoms in total. The van der Waals surface area contributed by atoms with Crippen LogP contribution in [0, 0.1) is 0 Å². The van der Waals surface area contributed by atoms with E-state index in [4.69, 9.17) is 0 Å². The van der Waals surface area contributed by atoms with Gasteiger partial charge in [0.05, 0.1) is 5.71 Å². The average molecular weight is 312 g/mol. The third-order valence-corrected chi connectivity index (χ3v) is 3.92. The van der Waals surface area contributed by atoms with Crippen molar-refractivity contribution in [3.05, 3.63) is 29.8 Å². The number of fused-ring (bicyclic) bond motifs is 1. The van der Waals surface area contributed by atoms with Crippen LogP contribution in [-0.2, 0) is 10.3 Å². The molecule has 120 valence electrons. The summed E-state index contributed by atoms with van der Waals surface area (Å²) in [7, 11) is 0. The lowest BCUT2D eigenvalue weighted by atomic mass is 9.83. The van der Waals surface area contributed by atoms with E-state index in [1.165, 1.54) is 19.1 Å². The van der Waals surface area contributed by atoms with E-state index in [-0.39, 0.29) is 23.4 Å². The van der Waals surface area contributed by atoms with Gasteiger partial charge in [-0.1, -0.05) is 44.4 Å². The maximum absolute atomic E-state index is 13.9. The number of alkyl halides is 3. The minimum Gasteiger partial charge on any atom is -0.321 e. The van der Waals surface area contributed by atoms with Gasteiger partial charge in [0.15, 0.2) is 5.54 Å². The molecule has 2 rings (SSSR count). The molecule has 6 heteroatoms. The first-order valence-corrected chi connectivity index (χ1v) is 7.36. The van der Waals surface area contributed by atoms with Crippen LogP contribution in [0.2, 0.25) is 0 Å². The highest BCUT2D eigenvalue weighted by molar-refractivity contribution is 6.42. The second kappa shape index (κ2) is 6.10. The number of carbonyl (C=O) groups excluding carboxylic acids is 1. The van der Waals surface area contributed by atoms with Crippen LogP contribution in [0.4, 0.5) is 18.9 Å². The summed E-state index contributed by atoms with van der Waals surface area (Å²) in [6.45, 7) is 3.25. The Hall–Kier alpha value is -1.85. The van der Waals surface area contributed by atoms with Crippen molar-refractivity contribution in [2.24, 2.45) is 4.99 Å². The van der Waals surface area contributed by atoms with Crippen LogP contribution in [0.15, 0.2) is 29.3 Å². The Kier molecular flexibility index (Phi) is 4.58. The summed E-state index contributed by atoms with van der Waals surface area (Å²) in [5, 5.41) is 2.52. The predicted molar refractivity (Wildman–Crippen MR) is 80.1 cm³/mol. The zero-order chi connectivity index (χ0) is 16.4. The molecule has 1 aliphatic rings. The SMILES string of the molecule is CCCCCC1(C(F)(F)F)N=C(C)C(=O)Nc2ccccc21. The van der Waals surface area contributed by atoms with Gasteiger partial charge in [0.25, 0.3) is 5.91 Å². The largest absolute Gasteiger partial charge is 0.417 e. The van der Waals surface area contributed by atoms with Crippen LogP contribution in [0.3, 0.4) is 0 Å². The monoisotopic (exact) mass is 312 g/mol. The minimum absolute atomic E-state index is 0.0174. The number of hydrogen-bond acceptors (Lipinski definition) is 2. The quantitative estimate of drug-likeness (QED) is 0.821. The summed E-state index contributed by atoms with van der Waals surface area (Å²) < 4.78 is 41.8. The number of aliphatic imine (C=N–C) groups is 1. The van der Waals surface area contributed by atoms with Gasteiger partial charge in [-0.05, 0) is 19.4 Å². The molecule has 1 aliphatic heterocycles. The first-order chi connectivity index (χ1) is 10.3. The third kappa shape index (κ3) is 2.87. The van der Waals surface area contributed by atoms with Crippen LogP contribution < -0.4 is 5.32 Å². The molecule has 0 saturated carbocycles. The van der Waals surface area contributed by atoms with Crippen molar-refractivity contribution in [1.82, 2.24) is 0 Å². The van der Waals surface area contributed by atoms with Crippen LogP contribution in [-0.4, -0.2) is 17.8 Å². The molecule has 0 aliphatic carbocycles. The normalized spacial score (nSPS) is 21.7. The number of para-hydroxylation sites is 1. The van der Waals surface area contributed by atoms with Gasteiger partial charge >= 0.3 is 6.18 Å². The Morgan fingerprint density at radius 1 is 1.23 bits per heavy atom. The van der Waals surface area contributed by atoms with Crippen LogP contribution in [0.25, 0.3) is 0 Å². The standard InChI is InChI=1S/C16H19F3N2O/c1-3-4-7-10-15(16(17,18)19)12-8-5-6-9-13(12)20-14(22)11(2)21-15/h5-6,8-9H,3-4,7,10H2,1-2H3,(H,20,22). The molecule has 22 heavy (non-hydrogen) atoms. The van der Waals surface area contributed by atoms with Gasteiger partial charge in [0.1, 0.15) is 0 Å². The summed E-state index contributed by atoms with van der Waals surface area (Å²) in [6, 6.07) is 6.03. The Morgan fingerprint density at radius 2 is 1.91 bits per heavy atom. The van der Waals surface area contributed by atoms with Crippen molar-refractivity contribution in [3.8, 4) is 0 Å². The summed E-state index contributed by atoms with van der Waals surface area (Å²) >= 11 is 0. The van der Waals surface area contributed by atoms with Crippen molar-refractivity contribution < 1.29 is 18.0 Å². The fraction of sp³-hybridized carbons (Fsp3) is 0.500. The van der Waals surface area contributed by atoms with Crippen molar-refractivity contribution in [1.29, 1.82) is 0 Å². The second-order valence-electron chi connectivity index (χ2n) is 5.51. The van der Waals surface area contributed by atoms with Crippen molar-refractivity contribution in [2.75, 3.05) is 5.32 Å². The average Bonchev–Trinajstić information content (AvgIpc) is 2.55. The minimum atomic E-state index is -4.57. The molecule has 0 fully saturated rings. The van der Waals surface area contributed by atoms with Crippen molar-refractivity contribution >= 4 is 17.3 Å².